The van der Waals surface area contributed by atoms with Crippen LogP contribution in [0.15, 0.2) is 41.0 Å². The molecule has 138 valence electrons. The zero-order chi connectivity index (χ0) is 19.3. The predicted molar refractivity (Wildman–Crippen MR) is 95.7 cm³/mol. The molecule has 1 aromatic rings. The summed E-state index contributed by atoms with van der Waals surface area (Å²) < 4.78 is 19.0. The average molecular weight is 358 g/mol. The number of nitrogens with two attached hydrogens (primary N) is 1. The molecule has 0 amide bonds. The van der Waals surface area contributed by atoms with Crippen LogP contribution in [-0.2, 0) is 14.3 Å². The van der Waals surface area contributed by atoms with Gasteiger partial charge in [-0.3, -0.25) is 9.59 Å². The Morgan fingerprint density at radius 1 is 1.35 bits per heavy atom. The first-order chi connectivity index (χ1) is 12.2. The van der Waals surface area contributed by atoms with Crippen LogP contribution in [0, 0.1) is 28.5 Å². The molecule has 1 aromatic carbocycles. The van der Waals surface area contributed by atoms with Crippen LogP contribution >= 0.6 is 0 Å². The fourth-order valence-electron chi connectivity index (χ4n) is 4.64. The molecule has 0 aromatic heterocycles. The summed E-state index contributed by atoms with van der Waals surface area (Å²) in [5.74, 6) is 3.92. The number of benzene rings is 1. The van der Waals surface area contributed by atoms with E-state index in [-0.39, 0.29) is 28.9 Å². The second-order valence-corrected chi connectivity index (χ2v) is 7.71. The number of carbonyl (C=O) groups excluding carboxylic acids is 2. The quantitative estimate of drug-likeness (QED) is 0.296. The number of hydrogen-bond donors (Lipinski definition) is 1. The van der Waals surface area contributed by atoms with Crippen LogP contribution in [0.3, 0.4) is 0 Å². The minimum Gasteiger partial charge on any atom is -0.469 e. The summed E-state index contributed by atoms with van der Waals surface area (Å²) in [5, 5.41) is 3.70. The Morgan fingerprint density at radius 2 is 2.00 bits per heavy atom. The number of ketones is 1. The molecule has 6 heteroatoms. The number of Topliss-reactive ketones (excluding diaryl/α,β-unsaturated/α-hetero) is 1. The van der Waals surface area contributed by atoms with Crippen molar-refractivity contribution in [1.29, 1.82) is 0 Å². The van der Waals surface area contributed by atoms with Gasteiger partial charge in [0.1, 0.15) is 5.82 Å². The predicted octanol–water partition coefficient (Wildman–Crippen LogP) is 2.84. The normalized spacial score (nSPS) is 31.5. The van der Waals surface area contributed by atoms with Crippen LogP contribution in [0.25, 0.3) is 0 Å². The maximum atomic E-state index is 14.1. The molecule has 26 heavy (non-hydrogen) atoms. The van der Waals surface area contributed by atoms with Gasteiger partial charge in [0.25, 0.3) is 0 Å². The number of ether oxygens (including phenoxy) is 1. The van der Waals surface area contributed by atoms with Gasteiger partial charge in [-0.25, -0.2) is 4.39 Å². The third-order valence-corrected chi connectivity index (χ3v) is 6.55. The maximum Gasteiger partial charge on any atom is 0.309 e. The minimum atomic E-state index is -0.870. The van der Waals surface area contributed by atoms with Gasteiger partial charge >= 0.3 is 5.97 Å². The fourth-order valence-corrected chi connectivity index (χ4v) is 4.64. The van der Waals surface area contributed by atoms with Crippen molar-refractivity contribution in [1.82, 2.24) is 0 Å². The van der Waals surface area contributed by atoms with Crippen LogP contribution < -0.4 is 5.84 Å². The molecule has 0 aliphatic heterocycles. The zero-order valence-electron chi connectivity index (χ0n) is 15.4. The average Bonchev–Trinajstić information content (AvgIpc) is 2.90. The molecular formula is C20H23FN2O3. The van der Waals surface area contributed by atoms with Crippen molar-refractivity contribution in [3.8, 4) is 0 Å². The van der Waals surface area contributed by atoms with Crippen molar-refractivity contribution in [3.63, 3.8) is 0 Å². The lowest BCUT2D eigenvalue weighted by atomic mass is 9.66. The maximum absolute atomic E-state index is 14.1. The highest BCUT2D eigenvalue weighted by Crippen LogP contribution is 2.68. The second kappa shape index (κ2) is 6.04. The summed E-state index contributed by atoms with van der Waals surface area (Å²) >= 11 is 0. The van der Waals surface area contributed by atoms with Gasteiger partial charge in [-0.05, 0) is 36.0 Å². The number of nitrogens with zero attached hydrogens (tertiary/aromatic N) is 1. The first kappa shape index (κ1) is 18.3. The van der Waals surface area contributed by atoms with Crippen LogP contribution in [0.2, 0.25) is 0 Å². The van der Waals surface area contributed by atoms with E-state index in [9.17, 15) is 14.0 Å². The summed E-state index contributed by atoms with van der Waals surface area (Å²) in [6, 6.07) is 6.15. The van der Waals surface area contributed by atoms with E-state index in [0.29, 0.717) is 12.0 Å². The number of rotatable bonds is 3. The Hall–Kier alpha value is -2.50. The molecule has 2 aliphatic rings. The van der Waals surface area contributed by atoms with Gasteiger partial charge in [0.2, 0.25) is 0 Å². The Labute approximate surface area is 152 Å². The molecule has 0 heterocycles. The minimum absolute atomic E-state index is 0.119. The van der Waals surface area contributed by atoms with Gasteiger partial charge in [-0.15, -0.1) is 0 Å². The molecule has 2 fully saturated rings. The molecule has 3 rings (SSSR count). The van der Waals surface area contributed by atoms with Gasteiger partial charge in [-0.2, -0.15) is 5.10 Å². The highest BCUT2D eigenvalue weighted by molar-refractivity contribution is 6.16. The third-order valence-electron chi connectivity index (χ3n) is 6.55. The smallest absolute Gasteiger partial charge is 0.309 e. The van der Waals surface area contributed by atoms with Crippen molar-refractivity contribution in [2.24, 2.45) is 33.6 Å². The molecule has 0 unspecified atom stereocenters. The molecular weight excluding hydrogens is 335 g/mol. The van der Waals surface area contributed by atoms with Gasteiger partial charge in [0.05, 0.1) is 18.7 Å². The fraction of sp³-hybridized carbons (Fsp3) is 0.450. The number of esters is 1. The molecule has 2 bridgehead atoms. The summed E-state index contributed by atoms with van der Waals surface area (Å²) in [4.78, 5) is 25.4. The SMILES string of the molecule is COC(=O)[C@@H]1C[C@@H]2/C(=C/C(=N/N)c3ccccc3F)C(=O)[C@@]1(C)C2(C)C. The summed E-state index contributed by atoms with van der Waals surface area (Å²) in [6.45, 7) is 5.80. The molecule has 2 aliphatic carbocycles. The molecule has 3 atom stereocenters. The number of carbonyl (C=O) groups is 2. The highest BCUT2D eigenvalue weighted by atomic mass is 19.1. The summed E-state index contributed by atoms with van der Waals surface area (Å²) in [6.07, 6.45) is 2.09. The van der Waals surface area contributed by atoms with Gasteiger partial charge in [0, 0.05) is 16.6 Å². The van der Waals surface area contributed by atoms with E-state index >= 15 is 0 Å². The Morgan fingerprint density at radius 3 is 2.54 bits per heavy atom. The van der Waals surface area contributed by atoms with Crippen LogP contribution in [-0.4, -0.2) is 24.6 Å². The van der Waals surface area contributed by atoms with E-state index in [1.807, 2.05) is 20.8 Å². The Kier molecular flexibility index (Phi) is 4.25. The molecule has 0 radical (unpaired) electrons. The topological polar surface area (TPSA) is 81.8 Å². The van der Waals surface area contributed by atoms with Crippen molar-refractivity contribution in [2.75, 3.05) is 7.11 Å². The number of hydrogen-bond acceptors (Lipinski definition) is 5. The van der Waals surface area contributed by atoms with Crippen molar-refractivity contribution >= 4 is 17.5 Å². The molecule has 5 nitrogen and oxygen atoms in total. The van der Waals surface area contributed by atoms with Crippen molar-refractivity contribution < 1.29 is 18.7 Å². The largest absolute Gasteiger partial charge is 0.469 e. The van der Waals surface area contributed by atoms with Crippen molar-refractivity contribution in [2.45, 2.75) is 27.2 Å². The molecule has 0 saturated heterocycles. The summed E-state index contributed by atoms with van der Waals surface area (Å²) in [5.41, 5.74) is -0.293. The molecule has 0 spiro atoms. The van der Waals surface area contributed by atoms with Crippen LogP contribution in [0.5, 0.6) is 0 Å². The van der Waals surface area contributed by atoms with Crippen LogP contribution in [0.4, 0.5) is 4.39 Å². The second-order valence-electron chi connectivity index (χ2n) is 7.71. The zero-order valence-corrected chi connectivity index (χ0v) is 15.4. The van der Waals surface area contributed by atoms with E-state index in [1.54, 1.807) is 24.3 Å². The lowest BCUT2D eigenvalue weighted by Crippen LogP contribution is -2.42. The van der Waals surface area contributed by atoms with E-state index in [4.69, 9.17) is 10.6 Å². The van der Waals surface area contributed by atoms with Gasteiger partial charge < -0.3 is 10.6 Å². The van der Waals surface area contributed by atoms with Crippen LogP contribution in [0.1, 0.15) is 32.8 Å². The van der Waals surface area contributed by atoms with E-state index in [2.05, 4.69) is 5.10 Å². The van der Waals surface area contributed by atoms with E-state index < -0.39 is 22.6 Å². The van der Waals surface area contributed by atoms with E-state index in [0.717, 1.165) is 0 Å². The number of halogens is 1. The molecule has 2 N–H and O–H groups in total. The molecule has 2 saturated carbocycles. The van der Waals surface area contributed by atoms with Gasteiger partial charge in [0.15, 0.2) is 5.78 Å². The number of hydrazone groups is 1. The number of allylic oxidation sites excluding steroid dienone is 2. The van der Waals surface area contributed by atoms with Gasteiger partial charge in [-0.1, -0.05) is 32.9 Å². The Bertz CT molecular complexity index is 843. The number of methoxy groups -OCH3 is 1. The first-order valence-electron chi connectivity index (χ1n) is 8.57. The van der Waals surface area contributed by atoms with E-state index in [1.165, 1.54) is 13.2 Å². The first-order valence-corrected chi connectivity index (χ1v) is 8.57. The monoisotopic (exact) mass is 358 g/mol. The summed E-state index contributed by atoms with van der Waals surface area (Å²) in [7, 11) is 1.34. The number of fused-ring (bicyclic) bond motifs is 2. The lowest BCUT2D eigenvalue weighted by molar-refractivity contribution is -0.154. The van der Waals surface area contributed by atoms with Crippen molar-refractivity contribution in [3.05, 3.63) is 47.3 Å². The Balaban J connectivity index is 2.07. The highest BCUT2D eigenvalue weighted by Gasteiger charge is 2.70. The standard InChI is InChI=1S/C20H23FN2O3/c1-19(2)13-10-14(18(25)26-4)20(19,3)17(24)12(13)9-16(23-22)11-7-5-6-8-15(11)21/h5-9,13-14H,10,22H2,1-4H3/b12-9-,23-16-/t13-,14+,20+/m1/s1. The lowest BCUT2D eigenvalue weighted by Gasteiger charge is -2.35. The third kappa shape index (κ3) is 2.24.